The topological polar surface area (TPSA) is 79.0 Å². The van der Waals surface area contributed by atoms with E-state index in [9.17, 15) is 4.79 Å². The summed E-state index contributed by atoms with van der Waals surface area (Å²) in [5, 5.41) is 7.25. The number of imidazole rings is 1. The van der Waals surface area contributed by atoms with Crippen LogP contribution in [0.3, 0.4) is 0 Å². The fourth-order valence-corrected chi connectivity index (χ4v) is 4.42. The molecule has 1 aromatic carbocycles. The molecule has 1 aliphatic carbocycles. The normalized spacial score (nSPS) is 34.5. The van der Waals surface area contributed by atoms with E-state index in [1.807, 2.05) is 18.2 Å². The summed E-state index contributed by atoms with van der Waals surface area (Å²) in [5.41, 5.74) is 1.17. The Balaban J connectivity index is 1.45. The number of carbonyl (C=O) groups is 1. The molecule has 1 saturated carbocycles. The number of ether oxygens (including phenoxy) is 1. The Hall–Kier alpha value is -1.63. The van der Waals surface area contributed by atoms with Crippen LogP contribution in [0.1, 0.15) is 12.2 Å². The third-order valence-corrected chi connectivity index (χ3v) is 5.91. The van der Waals surface area contributed by atoms with Gasteiger partial charge in [-0.2, -0.15) is 0 Å². The van der Waals surface area contributed by atoms with Crippen molar-refractivity contribution in [3.8, 4) is 0 Å². The number of halogens is 1. The molecular weight excluding hydrogens is 328 g/mol. The van der Waals surface area contributed by atoms with Gasteiger partial charge in [-0.1, -0.05) is 11.6 Å². The molecule has 1 amide bonds. The number of carbonyl (C=O) groups excluding carboxylic acids is 1. The first-order chi connectivity index (χ1) is 11.7. The first kappa shape index (κ1) is 14.7. The average Bonchev–Trinajstić information content (AvgIpc) is 3.04. The van der Waals surface area contributed by atoms with Crippen LogP contribution in [0.2, 0.25) is 5.02 Å². The first-order valence-corrected chi connectivity index (χ1v) is 8.80. The van der Waals surface area contributed by atoms with Gasteiger partial charge in [0.25, 0.3) is 0 Å². The number of hydrogen-bond donors (Lipinski definition) is 3. The standard InChI is InChI=1S/C17H19ClN4O2/c18-9-1-2-12-13(5-9)21-16(20-12)17(3-4-24-8-17)22-15(23)14-10-6-19-7-11(10)14/h1-2,5,10-11,14,19H,3-4,6-8H2,(H,20,21)(H,22,23)/t10-,11+,14?,17?. The van der Waals surface area contributed by atoms with E-state index >= 15 is 0 Å². The molecule has 0 bridgehead atoms. The second kappa shape index (κ2) is 5.18. The van der Waals surface area contributed by atoms with Crippen molar-refractivity contribution in [2.75, 3.05) is 26.3 Å². The molecule has 3 N–H and O–H groups in total. The molecule has 6 nitrogen and oxygen atoms in total. The smallest absolute Gasteiger partial charge is 0.224 e. The summed E-state index contributed by atoms with van der Waals surface area (Å²) < 4.78 is 5.62. The van der Waals surface area contributed by atoms with Gasteiger partial charge in [-0.25, -0.2) is 4.98 Å². The summed E-state index contributed by atoms with van der Waals surface area (Å²) in [6, 6.07) is 5.57. The van der Waals surface area contributed by atoms with Gasteiger partial charge in [-0.05, 0) is 43.1 Å². The number of nitrogens with zero attached hydrogens (tertiary/aromatic N) is 1. The third kappa shape index (κ3) is 2.17. The molecule has 5 rings (SSSR count). The van der Waals surface area contributed by atoms with Crippen LogP contribution in [0.15, 0.2) is 18.2 Å². The summed E-state index contributed by atoms with van der Waals surface area (Å²) >= 11 is 6.06. The van der Waals surface area contributed by atoms with Crippen LogP contribution in [0.25, 0.3) is 11.0 Å². The number of rotatable bonds is 3. The molecule has 2 unspecified atom stereocenters. The van der Waals surface area contributed by atoms with Crippen molar-refractivity contribution in [3.63, 3.8) is 0 Å². The summed E-state index contributed by atoms with van der Waals surface area (Å²) in [4.78, 5) is 20.8. The largest absolute Gasteiger partial charge is 0.378 e. The van der Waals surface area contributed by atoms with Crippen LogP contribution >= 0.6 is 11.6 Å². The molecule has 3 fully saturated rings. The highest BCUT2D eigenvalue weighted by molar-refractivity contribution is 6.31. The van der Waals surface area contributed by atoms with Gasteiger partial charge in [0.05, 0.1) is 17.6 Å². The number of hydrogen-bond acceptors (Lipinski definition) is 4. The second-order valence-corrected chi connectivity index (χ2v) is 7.57. The van der Waals surface area contributed by atoms with E-state index in [0.29, 0.717) is 30.1 Å². The fourth-order valence-electron chi connectivity index (χ4n) is 4.24. The van der Waals surface area contributed by atoms with E-state index in [4.69, 9.17) is 21.3 Å². The molecular formula is C17H19ClN4O2. The van der Waals surface area contributed by atoms with E-state index in [2.05, 4.69) is 15.6 Å². The lowest BCUT2D eigenvalue weighted by Crippen LogP contribution is -2.48. The highest BCUT2D eigenvalue weighted by Gasteiger charge is 2.58. The predicted octanol–water partition coefficient (Wildman–Crippen LogP) is 1.41. The van der Waals surface area contributed by atoms with E-state index in [1.165, 1.54) is 0 Å². The van der Waals surface area contributed by atoms with Gasteiger partial charge < -0.3 is 20.4 Å². The fraction of sp³-hybridized carbons (Fsp3) is 0.529. The van der Waals surface area contributed by atoms with Gasteiger partial charge in [0.2, 0.25) is 5.91 Å². The van der Waals surface area contributed by atoms with Crippen molar-refractivity contribution >= 4 is 28.5 Å². The number of aromatic nitrogens is 2. The molecule has 0 spiro atoms. The average molecular weight is 347 g/mol. The number of H-pyrrole nitrogens is 1. The SMILES string of the molecule is O=C(NC1(c2nc3ccc(Cl)cc3[nH]2)CCOC1)C1[C@H]2CNC[C@@H]12. The molecule has 0 radical (unpaired) electrons. The Kier molecular flexibility index (Phi) is 3.17. The molecule has 2 saturated heterocycles. The van der Waals surface area contributed by atoms with Crippen LogP contribution < -0.4 is 10.6 Å². The summed E-state index contributed by atoms with van der Waals surface area (Å²) in [6.07, 6.45) is 0.729. The number of piperidine rings is 1. The van der Waals surface area contributed by atoms with Gasteiger partial charge in [0, 0.05) is 24.0 Å². The van der Waals surface area contributed by atoms with E-state index in [0.717, 1.165) is 36.4 Å². The van der Waals surface area contributed by atoms with Crippen molar-refractivity contribution in [2.24, 2.45) is 17.8 Å². The predicted molar refractivity (Wildman–Crippen MR) is 89.7 cm³/mol. The minimum absolute atomic E-state index is 0.135. The zero-order valence-corrected chi connectivity index (χ0v) is 13.9. The van der Waals surface area contributed by atoms with Gasteiger partial charge >= 0.3 is 0 Å². The molecule has 2 aromatic rings. The number of benzene rings is 1. The monoisotopic (exact) mass is 346 g/mol. The Morgan fingerprint density at radius 3 is 2.96 bits per heavy atom. The maximum Gasteiger partial charge on any atom is 0.224 e. The summed E-state index contributed by atoms with van der Waals surface area (Å²) in [7, 11) is 0. The van der Waals surface area contributed by atoms with Crippen LogP contribution in [0, 0.1) is 17.8 Å². The molecule has 3 heterocycles. The van der Waals surface area contributed by atoms with Crippen molar-refractivity contribution in [1.82, 2.24) is 20.6 Å². The highest BCUT2D eigenvalue weighted by atomic mass is 35.5. The number of amides is 1. The van der Waals surface area contributed by atoms with Crippen molar-refractivity contribution < 1.29 is 9.53 Å². The van der Waals surface area contributed by atoms with Crippen LogP contribution in [0.5, 0.6) is 0 Å². The Morgan fingerprint density at radius 2 is 2.21 bits per heavy atom. The van der Waals surface area contributed by atoms with Crippen molar-refractivity contribution in [2.45, 2.75) is 12.0 Å². The molecule has 1 aromatic heterocycles. The number of fused-ring (bicyclic) bond motifs is 2. The lowest BCUT2D eigenvalue weighted by atomic mass is 9.97. The van der Waals surface area contributed by atoms with Gasteiger partial charge in [-0.15, -0.1) is 0 Å². The van der Waals surface area contributed by atoms with Crippen LogP contribution in [-0.4, -0.2) is 42.2 Å². The minimum atomic E-state index is -0.563. The van der Waals surface area contributed by atoms with Gasteiger partial charge in [0.1, 0.15) is 11.4 Å². The number of nitrogens with one attached hydrogen (secondary N) is 3. The van der Waals surface area contributed by atoms with Crippen molar-refractivity contribution in [3.05, 3.63) is 29.0 Å². The Bertz CT molecular complexity index is 804. The lowest BCUT2D eigenvalue weighted by Gasteiger charge is -2.27. The van der Waals surface area contributed by atoms with E-state index < -0.39 is 5.54 Å². The molecule has 4 atom stereocenters. The zero-order chi connectivity index (χ0) is 16.3. The molecule has 126 valence electrons. The molecule has 24 heavy (non-hydrogen) atoms. The van der Waals surface area contributed by atoms with Gasteiger partial charge in [-0.3, -0.25) is 4.79 Å². The second-order valence-electron chi connectivity index (χ2n) is 7.13. The quantitative estimate of drug-likeness (QED) is 0.785. The highest BCUT2D eigenvalue weighted by Crippen LogP contribution is 2.49. The zero-order valence-electron chi connectivity index (χ0n) is 13.1. The Labute approximate surface area is 144 Å². The van der Waals surface area contributed by atoms with E-state index in [-0.39, 0.29) is 11.8 Å². The molecule has 7 heteroatoms. The summed E-state index contributed by atoms with van der Waals surface area (Å²) in [5.74, 6) is 2.03. The molecule has 2 aliphatic heterocycles. The maximum atomic E-state index is 12.8. The minimum Gasteiger partial charge on any atom is -0.378 e. The van der Waals surface area contributed by atoms with Crippen molar-refractivity contribution in [1.29, 1.82) is 0 Å². The lowest BCUT2D eigenvalue weighted by molar-refractivity contribution is -0.125. The van der Waals surface area contributed by atoms with Crippen LogP contribution in [-0.2, 0) is 15.1 Å². The third-order valence-electron chi connectivity index (χ3n) is 5.68. The Morgan fingerprint density at radius 1 is 1.38 bits per heavy atom. The van der Waals surface area contributed by atoms with Crippen LogP contribution in [0.4, 0.5) is 0 Å². The first-order valence-electron chi connectivity index (χ1n) is 8.43. The van der Waals surface area contributed by atoms with Gasteiger partial charge in [0.15, 0.2) is 0 Å². The summed E-state index contributed by atoms with van der Waals surface area (Å²) in [6.45, 7) is 2.98. The maximum absolute atomic E-state index is 12.8. The molecule has 3 aliphatic rings. The number of aromatic amines is 1. The van der Waals surface area contributed by atoms with E-state index in [1.54, 1.807) is 0 Å².